The predicted octanol–water partition coefficient (Wildman–Crippen LogP) is 4.49. The maximum absolute atomic E-state index is 12.1. The van der Waals surface area contributed by atoms with Gasteiger partial charge in [0.1, 0.15) is 11.8 Å². The van der Waals surface area contributed by atoms with Crippen molar-refractivity contribution in [3.05, 3.63) is 56.0 Å². The maximum Gasteiger partial charge on any atom is 0.404 e. The van der Waals surface area contributed by atoms with Gasteiger partial charge in [0.2, 0.25) is 0 Å². The van der Waals surface area contributed by atoms with E-state index in [9.17, 15) is 24.3 Å². The molecule has 0 aliphatic carbocycles. The quantitative estimate of drug-likeness (QED) is 0.271. The Kier molecular flexibility index (Phi) is 15.3. The van der Waals surface area contributed by atoms with Crippen molar-refractivity contribution < 1.29 is 39.2 Å². The SMILES string of the molecule is CCOC(N)=O.CN[C@@H](CC(=O)O)C(=O)O.O=C(Nc1ccc(Cl)c(Cl)c1)c1cc(Cl)cc(Cl)c1O. The standard InChI is InChI=1S/C13H7Cl4NO2.C5H9NO4.C3H7NO2/c14-6-3-8(12(19)11(17)4-6)13(20)18-7-1-2-9(15)10(16)5-7;1-6-3(5(9)10)2-4(7)8;1-2-6-3(4)5/h1-5,19H,(H,18,20);3,6H,2H2,1H3,(H,7,8)(H,9,10);2H2,1H3,(H2,4,5)/t;3-;/m.0./s1. The van der Waals surface area contributed by atoms with Gasteiger partial charge in [0, 0.05) is 10.7 Å². The van der Waals surface area contributed by atoms with Gasteiger partial charge in [-0.1, -0.05) is 46.4 Å². The molecule has 0 bridgehead atoms. The number of halogens is 4. The van der Waals surface area contributed by atoms with Gasteiger partial charge >= 0.3 is 18.0 Å². The van der Waals surface area contributed by atoms with Crippen LogP contribution in [-0.2, 0) is 14.3 Å². The first kappa shape index (κ1) is 33.0. The lowest BCUT2D eigenvalue weighted by atomic mass is 10.2. The molecule has 0 aliphatic heterocycles. The Morgan fingerprint density at radius 3 is 2.00 bits per heavy atom. The predicted molar refractivity (Wildman–Crippen MR) is 136 cm³/mol. The van der Waals surface area contributed by atoms with Crippen molar-refractivity contribution >= 4 is 76.0 Å². The Labute approximate surface area is 226 Å². The number of likely N-dealkylation sites (N-methyl/N-ethyl adjacent to an activating group) is 1. The zero-order valence-electron chi connectivity index (χ0n) is 18.9. The molecule has 2 aromatic rings. The highest BCUT2D eigenvalue weighted by molar-refractivity contribution is 6.42. The van der Waals surface area contributed by atoms with Crippen LogP contribution in [0.25, 0.3) is 0 Å². The van der Waals surface area contributed by atoms with Gasteiger partial charge in [0.15, 0.2) is 0 Å². The Morgan fingerprint density at radius 2 is 1.61 bits per heavy atom. The van der Waals surface area contributed by atoms with E-state index in [1.807, 2.05) is 0 Å². The van der Waals surface area contributed by atoms with Crippen LogP contribution in [0, 0.1) is 0 Å². The number of primary amides is 1. The first-order chi connectivity index (χ1) is 16.7. The molecule has 0 saturated carbocycles. The van der Waals surface area contributed by atoms with Gasteiger partial charge in [-0.3, -0.25) is 14.4 Å². The number of nitrogens with two attached hydrogens (primary N) is 1. The number of benzene rings is 2. The number of hydrogen-bond acceptors (Lipinski definition) is 7. The van der Waals surface area contributed by atoms with Crippen molar-refractivity contribution in [1.82, 2.24) is 5.32 Å². The van der Waals surface area contributed by atoms with Crippen LogP contribution in [-0.4, -0.2) is 59.0 Å². The average molecular weight is 587 g/mol. The van der Waals surface area contributed by atoms with E-state index in [1.165, 1.54) is 25.2 Å². The second-order valence-electron chi connectivity index (χ2n) is 6.40. The summed E-state index contributed by atoms with van der Waals surface area (Å²) in [4.78, 5) is 41.8. The van der Waals surface area contributed by atoms with E-state index in [0.29, 0.717) is 22.3 Å². The number of rotatable bonds is 7. The van der Waals surface area contributed by atoms with Gasteiger partial charge in [0.25, 0.3) is 5.91 Å². The summed E-state index contributed by atoms with van der Waals surface area (Å²) in [6.07, 6.45) is -1.11. The average Bonchev–Trinajstić information content (AvgIpc) is 2.77. The molecule has 1 atom stereocenters. The molecule has 0 aromatic heterocycles. The lowest BCUT2D eigenvalue weighted by Crippen LogP contribution is -2.35. The zero-order valence-corrected chi connectivity index (χ0v) is 21.9. The Morgan fingerprint density at radius 1 is 1.00 bits per heavy atom. The Bertz CT molecular complexity index is 1090. The summed E-state index contributed by atoms with van der Waals surface area (Å²) in [5.74, 6) is -3.18. The molecule has 11 nitrogen and oxygen atoms in total. The van der Waals surface area contributed by atoms with Crippen LogP contribution in [0.4, 0.5) is 10.5 Å². The van der Waals surface area contributed by atoms with E-state index in [-0.39, 0.29) is 21.4 Å². The molecule has 2 rings (SSSR count). The molecule has 0 unspecified atom stereocenters. The van der Waals surface area contributed by atoms with Crippen LogP contribution in [0.2, 0.25) is 20.1 Å². The van der Waals surface area contributed by atoms with Crippen LogP contribution >= 0.6 is 46.4 Å². The number of hydrogen-bond donors (Lipinski definition) is 6. The van der Waals surface area contributed by atoms with E-state index in [1.54, 1.807) is 19.1 Å². The van der Waals surface area contributed by atoms with Gasteiger partial charge in [-0.25, -0.2) is 4.79 Å². The topological polar surface area (TPSA) is 188 Å². The van der Waals surface area contributed by atoms with E-state index in [2.05, 4.69) is 21.1 Å². The third-order valence-corrected chi connectivity index (χ3v) is 5.01. The summed E-state index contributed by atoms with van der Waals surface area (Å²) in [6.45, 7) is 2.06. The first-order valence-corrected chi connectivity index (χ1v) is 11.2. The van der Waals surface area contributed by atoms with Crippen LogP contribution < -0.4 is 16.4 Å². The molecule has 0 spiro atoms. The molecule has 198 valence electrons. The molecule has 0 fully saturated rings. The molecular formula is C21H23Cl4N3O8. The van der Waals surface area contributed by atoms with E-state index >= 15 is 0 Å². The minimum Gasteiger partial charge on any atom is -0.506 e. The fourth-order valence-corrected chi connectivity index (χ4v) is 2.93. The van der Waals surface area contributed by atoms with Crippen molar-refractivity contribution in [2.45, 2.75) is 19.4 Å². The van der Waals surface area contributed by atoms with Crippen molar-refractivity contribution in [1.29, 1.82) is 0 Å². The van der Waals surface area contributed by atoms with Gasteiger partial charge in [-0.15, -0.1) is 0 Å². The van der Waals surface area contributed by atoms with Gasteiger partial charge in [-0.2, -0.15) is 0 Å². The summed E-state index contributed by atoms with van der Waals surface area (Å²) in [5.41, 5.74) is 4.94. The van der Waals surface area contributed by atoms with Gasteiger partial charge in [0.05, 0.1) is 33.7 Å². The van der Waals surface area contributed by atoms with Crippen LogP contribution in [0.15, 0.2) is 30.3 Å². The monoisotopic (exact) mass is 585 g/mol. The third-order valence-electron chi connectivity index (χ3n) is 3.76. The van der Waals surface area contributed by atoms with Crippen molar-refractivity contribution in [3.8, 4) is 5.75 Å². The third kappa shape index (κ3) is 12.7. The number of ether oxygens (including phenoxy) is 1. The smallest absolute Gasteiger partial charge is 0.404 e. The lowest BCUT2D eigenvalue weighted by molar-refractivity contribution is -0.145. The first-order valence-electron chi connectivity index (χ1n) is 9.71. The molecular weight excluding hydrogens is 564 g/mol. The van der Waals surface area contributed by atoms with Crippen molar-refractivity contribution in [2.75, 3.05) is 19.0 Å². The number of carbonyl (C=O) groups excluding carboxylic acids is 2. The minimum atomic E-state index is -1.15. The molecule has 0 saturated heterocycles. The van der Waals surface area contributed by atoms with E-state index in [0.717, 1.165) is 0 Å². The molecule has 0 aliphatic rings. The normalized spacial score (nSPS) is 10.5. The van der Waals surface area contributed by atoms with Crippen LogP contribution in [0.3, 0.4) is 0 Å². The zero-order chi connectivity index (χ0) is 28.0. The summed E-state index contributed by atoms with van der Waals surface area (Å²) >= 11 is 23.2. The van der Waals surface area contributed by atoms with Crippen molar-refractivity contribution in [3.63, 3.8) is 0 Å². The van der Waals surface area contributed by atoms with Crippen LogP contribution in [0.5, 0.6) is 5.75 Å². The number of carbonyl (C=O) groups is 4. The Hall–Kier alpha value is -2.96. The second kappa shape index (κ2) is 16.7. The number of carboxylic acids is 2. The fraction of sp³-hybridized carbons (Fsp3) is 0.238. The summed E-state index contributed by atoms with van der Waals surface area (Å²) in [6, 6.07) is 6.28. The maximum atomic E-state index is 12.1. The fourth-order valence-electron chi connectivity index (χ4n) is 2.14. The molecule has 2 aromatic carbocycles. The largest absolute Gasteiger partial charge is 0.506 e. The van der Waals surface area contributed by atoms with Crippen molar-refractivity contribution in [2.24, 2.45) is 5.73 Å². The number of phenols is 1. The molecule has 0 heterocycles. The number of aliphatic carboxylic acids is 2. The lowest BCUT2D eigenvalue weighted by Gasteiger charge is -2.09. The summed E-state index contributed by atoms with van der Waals surface area (Å²) in [5, 5.41) is 32.1. The molecule has 7 N–H and O–H groups in total. The summed E-state index contributed by atoms with van der Waals surface area (Å²) < 4.78 is 4.18. The van der Waals surface area contributed by atoms with E-state index in [4.69, 9.17) is 56.6 Å². The van der Waals surface area contributed by atoms with E-state index < -0.39 is 36.4 Å². The number of anilines is 1. The molecule has 0 radical (unpaired) electrons. The molecule has 15 heteroatoms. The molecule has 36 heavy (non-hydrogen) atoms. The number of phenolic OH excluding ortho intramolecular Hbond substituents is 1. The molecule has 2 amide bonds. The van der Waals surface area contributed by atoms with Crippen LogP contribution in [0.1, 0.15) is 23.7 Å². The highest BCUT2D eigenvalue weighted by Crippen LogP contribution is 2.32. The minimum absolute atomic E-state index is 0.00297. The number of aromatic hydroxyl groups is 1. The second-order valence-corrected chi connectivity index (χ2v) is 8.05. The van der Waals surface area contributed by atoms with Gasteiger partial charge < -0.3 is 36.4 Å². The van der Waals surface area contributed by atoms with Gasteiger partial charge in [-0.05, 0) is 44.3 Å². The Balaban J connectivity index is 0.000000639. The summed E-state index contributed by atoms with van der Waals surface area (Å²) in [7, 11) is 1.40. The highest BCUT2D eigenvalue weighted by atomic mass is 35.5. The number of amides is 2. The number of nitrogens with one attached hydrogen (secondary N) is 2. The highest BCUT2D eigenvalue weighted by Gasteiger charge is 2.18. The number of carboxylic acid groups (broad SMARTS) is 2.